The Hall–Kier alpha value is -1.34. The third kappa shape index (κ3) is 5.05. The molecular weight excluding hydrogens is 404 g/mol. The summed E-state index contributed by atoms with van der Waals surface area (Å²) in [7, 11) is -2.14. The Labute approximate surface area is 177 Å². The van der Waals surface area contributed by atoms with Crippen molar-refractivity contribution in [3.8, 4) is 0 Å². The standard InChI is InChI=1S/C23H28O4S2/c1-17-3-7-21(8-4-17)28(24)15-19-11-13-23(26-19)14-12-20(27-23)16-29(25)22-9-5-18(2)6-10-22/h3-10,19-20H,11-16H2,1-2H3/t19-,20-,23?,28?,29?/m0/s1. The number of hydrogen-bond acceptors (Lipinski definition) is 4. The maximum atomic E-state index is 12.7. The van der Waals surface area contributed by atoms with Crippen LogP contribution in [0.5, 0.6) is 0 Å². The molecule has 2 aliphatic rings. The smallest absolute Gasteiger partial charge is 0.169 e. The molecule has 2 heterocycles. The van der Waals surface area contributed by atoms with E-state index in [2.05, 4.69) is 0 Å². The van der Waals surface area contributed by atoms with Crippen LogP contribution in [0.25, 0.3) is 0 Å². The predicted molar refractivity (Wildman–Crippen MR) is 116 cm³/mol. The van der Waals surface area contributed by atoms with Crippen LogP contribution in [0.3, 0.4) is 0 Å². The van der Waals surface area contributed by atoms with Crippen LogP contribution in [-0.4, -0.2) is 37.9 Å². The molecule has 0 amide bonds. The minimum atomic E-state index is -1.07. The monoisotopic (exact) mass is 432 g/mol. The number of aryl methyl sites for hydroxylation is 2. The van der Waals surface area contributed by atoms with E-state index in [9.17, 15) is 8.42 Å². The van der Waals surface area contributed by atoms with E-state index in [1.54, 1.807) is 0 Å². The molecule has 0 aliphatic carbocycles. The van der Waals surface area contributed by atoms with E-state index >= 15 is 0 Å². The lowest BCUT2D eigenvalue weighted by molar-refractivity contribution is -0.209. The molecule has 6 heteroatoms. The lowest BCUT2D eigenvalue weighted by Gasteiger charge is -2.25. The lowest BCUT2D eigenvalue weighted by Crippen LogP contribution is -2.31. The SMILES string of the molecule is Cc1ccc(S(=O)C[C@@H]2CCC3(CC[C@@H](CS(=O)c4ccc(C)cc4)O3)O2)cc1. The number of ether oxygens (including phenoxy) is 2. The molecule has 2 aromatic carbocycles. The first kappa shape index (κ1) is 20.9. The summed E-state index contributed by atoms with van der Waals surface area (Å²) in [5.74, 6) is 0.409. The third-order valence-electron chi connectivity index (χ3n) is 5.70. The van der Waals surface area contributed by atoms with Gasteiger partial charge in [-0.1, -0.05) is 35.4 Å². The molecule has 4 rings (SSSR count). The Morgan fingerprint density at radius 3 is 1.52 bits per heavy atom. The first-order chi connectivity index (χ1) is 13.9. The molecule has 2 unspecified atom stereocenters. The highest BCUT2D eigenvalue weighted by Gasteiger charge is 2.47. The van der Waals surface area contributed by atoms with E-state index in [-0.39, 0.29) is 12.2 Å². The normalized spacial score (nSPS) is 28.6. The zero-order chi connectivity index (χ0) is 20.4. The van der Waals surface area contributed by atoms with Gasteiger partial charge in [-0.05, 0) is 51.0 Å². The molecule has 0 aromatic heterocycles. The van der Waals surface area contributed by atoms with Crippen molar-refractivity contribution in [2.24, 2.45) is 0 Å². The van der Waals surface area contributed by atoms with Crippen molar-refractivity contribution in [2.75, 3.05) is 11.5 Å². The summed E-state index contributed by atoms with van der Waals surface area (Å²) in [4.78, 5) is 1.69. The van der Waals surface area contributed by atoms with E-state index in [0.29, 0.717) is 11.5 Å². The van der Waals surface area contributed by atoms with Crippen LogP contribution in [0.2, 0.25) is 0 Å². The van der Waals surface area contributed by atoms with Crippen LogP contribution in [0, 0.1) is 13.8 Å². The quantitative estimate of drug-likeness (QED) is 0.684. The molecule has 2 aromatic rings. The summed E-state index contributed by atoms with van der Waals surface area (Å²) < 4.78 is 37.8. The second-order valence-electron chi connectivity index (χ2n) is 8.12. The molecule has 0 saturated carbocycles. The molecule has 2 aliphatic heterocycles. The van der Waals surface area contributed by atoms with Gasteiger partial charge < -0.3 is 9.47 Å². The second-order valence-corrected chi connectivity index (χ2v) is 11.1. The van der Waals surface area contributed by atoms with Gasteiger partial charge in [-0.15, -0.1) is 0 Å². The van der Waals surface area contributed by atoms with E-state index in [1.165, 1.54) is 0 Å². The summed E-state index contributed by atoms with van der Waals surface area (Å²) in [5.41, 5.74) is 2.32. The molecule has 156 valence electrons. The molecule has 0 N–H and O–H groups in total. The first-order valence-corrected chi connectivity index (χ1v) is 12.8. The predicted octanol–water partition coefficient (Wildman–Crippen LogP) is 4.27. The molecule has 2 fully saturated rings. The van der Waals surface area contributed by atoms with E-state index in [0.717, 1.165) is 46.6 Å². The van der Waals surface area contributed by atoms with E-state index in [1.807, 2.05) is 62.4 Å². The van der Waals surface area contributed by atoms with Gasteiger partial charge >= 0.3 is 0 Å². The molecule has 4 atom stereocenters. The van der Waals surface area contributed by atoms with Gasteiger partial charge in [-0.25, -0.2) is 0 Å². The number of benzene rings is 2. The van der Waals surface area contributed by atoms with Crippen molar-refractivity contribution < 1.29 is 17.9 Å². The van der Waals surface area contributed by atoms with Crippen LogP contribution >= 0.6 is 0 Å². The second kappa shape index (κ2) is 8.80. The molecule has 29 heavy (non-hydrogen) atoms. The zero-order valence-corrected chi connectivity index (χ0v) is 18.6. The van der Waals surface area contributed by atoms with Crippen LogP contribution < -0.4 is 0 Å². The van der Waals surface area contributed by atoms with Crippen molar-refractivity contribution in [1.82, 2.24) is 0 Å². The zero-order valence-electron chi connectivity index (χ0n) is 17.0. The maximum Gasteiger partial charge on any atom is 0.169 e. The Kier molecular flexibility index (Phi) is 6.35. The van der Waals surface area contributed by atoms with E-state index < -0.39 is 27.4 Å². The molecular formula is C23H28O4S2. The summed E-state index contributed by atoms with van der Waals surface area (Å²) in [5, 5.41) is 0. The van der Waals surface area contributed by atoms with Gasteiger partial charge in [0.15, 0.2) is 5.79 Å². The van der Waals surface area contributed by atoms with Crippen molar-refractivity contribution in [3.05, 3.63) is 59.7 Å². The minimum Gasteiger partial charge on any atom is -0.346 e. The average molecular weight is 433 g/mol. The van der Waals surface area contributed by atoms with Gasteiger partial charge in [0.25, 0.3) is 0 Å². The minimum absolute atomic E-state index is 0.0570. The molecule has 2 saturated heterocycles. The number of hydrogen-bond donors (Lipinski definition) is 0. The highest BCUT2D eigenvalue weighted by molar-refractivity contribution is 7.85. The summed E-state index contributed by atoms with van der Waals surface area (Å²) in [6, 6.07) is 15.7. The van der Waals surface area contributed by atoms with Crippen molar-refractivity contribution >= 4 is 21.6 Å². The average Bonchev–Trinajstić information content (AvgIpc) is 3.28. The van der Waals surface area contributed by atoms with Gasteiger partial charge in [0, 0.05) is 22.6 Å². The summed E-state index contributed by atoms with van der Waals surface area (Å²) >= 11 is 0. The first-order valence-electron chi connectivity index (χ1n) is 10.2. The maximum absolute atomic E-state index is 12.7. The van der Waals surface area contributed by atoms with Crippen LogP contribution in [-0.2, 0) is 31.1 Å². The van der Waals surface area contributed by atoms with Crippen molar-refractivity contribution in [3.63, 3.8) is 0 Å². The van der Waals surface area contributed by atoms with Gasteiger partial charge in [0.2, 0.25) is 0 Å². The largest absolute Gasteiger partial charge is 0.346 e. The Morgan fingerprint density at radius 1 is 0.759 bits per heavy atom. The highest BCUT2D eigenvalue weighted by atomic mass is 32.2. The van der Waals surface area contributed by atoms with Crippen molar-refractivity contribution in [2.45, 2.75) is 67.3 Å². The van der Waals surface area contributed by atoms with Crippen LogP contribution in [0.15, 0.2) is 58.3 Å². The number of rotatable bonds is 6. The Balaban J connectivity index is 1.30. The summed E-state index contributed by atoms with van der Waals surface area (Å²) in [6.07, 6.45) is 3.22. The fourth-order valence-corrected chi connectivity index (χ4v) is 6.43. The van der Waals surface area contributed by atoms with Crippen LogP contribution in [0.4, 0.5) is 0 Å². The summed E-state index contributed by atoms with van der Waals surface area (Å²) in [6.45, 7) is 4.05. The van der Waals surface area contributed by atoms with Gasteiger partial charge in [-0.3, -0.25) is 8.42 Å². The van der Waals surface area contributed by atoms with Crippen molar-refractivity contribution in [1.29, 1.82) is 0 Å². The van der Waals surface area contributed by atoms with Gasteiger partial charge in [0.05, 0.1) is 45.3 Å². The third-order valence-corrected chi connectivity index (χ3v) is 8.64. The Morgan fingerprint density at radius 2 is 1.14 bits per heavy atom. The molecule has 0 bridgehead atoms. The molecule has 4 nitrogen and oxygen atoms in total. The molecule has 0 radical (unpaired) electrons. The van der Waals surface area contributed by atoms with Gasteiger partial charge in [0.1, 0.15) is 0 Å². The Bertz CT molecular complexity index is 817. The van der Waals surface area contributed by atoms with Crippen LogP contribution in [0.1, 0.15) is 36.8 Å². The van der Waals surface area contributed by atoms with Gasteiger partial charge in [-0.2, -0.15) is 0 Å². The highest BCUT2D eigenvalue weighted by Crippen LogP contribution is 2.42. The lowest BCUT2D eigenvalue weighted by atomic mass is 10.1. The van der Waals surface area contributed by atoms with E-state index in [4.69, 9.17) is 9.47 Å². The fraction of sp³-hybridized carbons (Fsp3) is 0.478. The fourth-order valence-electron chi connectivity index (χ4n) is 4.02. The topological polar surface area (TPSA) is 52.6 Å². The molecule has 1 spiro atoms.